The minimum atomic E-state index is -0.506. The first kappa shape index (κ1) is 15.9. The van der Waals surface area contributed by atoms with Crippen LogP contribution in [0.2, 0.25) is 0 Å². The molecule has 1 heterocycles. The number of hydrogen-bond donors (Lipinski definition) is 1. The van der Waals surface area contributed by atoms with Gasteiger partial charge in [0.25, 0.3) is 0 Å². The maximum atomic E-state index is 13.2. The number of esters is 1. The molecular weight excluding hydrogens is 269 g/mol. The average molecular weight is 288 g/mol. The molecule has 0 radical (unpaired) electrons. The third-order valence-electron chi connectivity index (χ3n) is 3.61. The quantitative estimate of drug-likeness (QED) is 0.867. The standard InChI is InChI=1S/C14H18FNO2.ClH/c1-18-13(17)14(5-7-16-8-6-14)10-11-3-2-4-12(15)9-11;/h2-4,9,16H,5-8,10H2,1H3;1H. The molecule has 1 aromatic rings. The van der Waals surface area contributed by atoms with Crippen LogP contribution in [0.5, 0.6) is 0 Å². The van der Waals surface area contributed by atoms with Crippen molar-refractivity contribution < 1.29 is 13.9 Å². The fourth-order valence-electron chi connectivity index (χ4n) is 2.61. The highest BCUT2D eigenvalue weighted by molar-refractivity contribution is 5.85. The first-order chi connectivity index (χ1) is 8.66. The summed E-state index contributed by atoms with van der Waals surface area (Å²) in [6.07, 6.45) is 2.01. The Hall–Kier alpha value is -1.13. The third-order valence-corrected chi connectivity index (χ3v) is 3.61. The van der Waals surface area contributed by atoms with Gasteiger partial charge in [-0.05, 0) is 50.0 Å². The maximum absolute atomic E-state index is 13.2. The van der Waals surface area contributed by atoms with Crippen LogP contribution >= 0.6 is 12.4 Å². The lowest BCUT2D eigenvalue weighted by atomic mass is 9.74. The Morgan fingerprint density at radius 3 is 2.68 bits per heavy atom. The summed E-state index contributed by atoms with van der Waals surface area (Å²) in [6.45, 7) is 1.59. The van der Waals surface area contributed by atoms with Crippen LogP contribution in [0.3, 0.4) is 0 Å². The van der Waals surface area contributed by atoms with Crippen molar-refractivity contribution in [3.8, 4) is 0 Å². The van der Waals surface area contributed by atoms with Crippen molar-refractivity contribution in [2.24, 2.45) is 5.41 Å². The molecule has 1 aliphatic rings. The van der Waals surface area contributed by atoms with Crippen molar-refractivity contribution in [2.75, 3.05) is 20.2 Å². The lowest BCUT2D eigenvalue weighted by molar-refractivity contribution is -0.154. The number of carbonyl (C=O) groups is 1. The molecule has 0 saturated carbocycles. The fourth-order valence-corrected chi connectivity index (χ4v) is 2.61. The van der Waals surface area contributed by atoms with Gasteiger partial charge in [0.1, 0.15) is 5.82 Å². The molecule has 1 saturated heterocycles. The lowest BCUT2D eigenvalue weighted by Gasteiger charge is -2.35. The largest absolute Gasteiger partial charge is 0.469 e. The van der Waals surface area contributed by atoms with Gasteiger partial charge in [-0.1, -0.05) is 12.1 Å². The topological polar surface area (TPSA) is 38.3 Å². The number of methoxy groups -OCH3 is 1. The van der Waals surface area contributed by atoms with Crippen LogP contribution in [0, 0.1) is 11.2 Å². The molecule has 1 N–H and O–H groups in total. The third kappa shape index (κ3) is 3.67. The molecule has 0 atom stereocenters. The van der Waals surface area contributed by atoms with E-state index in [4.69, 9.17) is 4.74 Å². The Morgan fingerprint density at radius 1 is 1.42 bits per heavy atom. The van der Waals surface area contributed by atoms with Crippen LogP contribution in [-0.4, -0.2) is 26.2 Å². The maximum Gasteiger partial charge on any atom is 0.312 e. The van der Waals surface area contributed by atoms with E-state index in [9.17, 15) is 9.18 Å². The predicted octanol–water partition coefficient (Wildman–Crippen LogP) is 2.33. The van der Waals surface area contributed by atoms with E-state index >= 15 is 0 Å². The molecule has 1 aromatic carbocycles. The zero-order chi connectivity index (χ0) is 13.0. The number of nitrogens with one attached hydrogen (secondary N) is 1. The van der Waals surface area contributed by atoms with Crippen LogP contribution < -0.4 is 5.32 Å². The second-order valence-corrected chi connectivity index (χ2v) is 4.83. The van der Waals surface area contributed by atoms with E-state index < -0.39 is 5.41 Å². The zero-order valence-electron chi connectivity index (χ0n) is 10.9. The molecule has 1 aliphatic heterocycles. The number of carbonyl (C=O) groups excluding carboxylic acids is 1. The van der Waals surface area contributed by atoms with Gasteiger partial charge in [0.15, 0.2) is 0 Å². The summed E-state index contributed by atoms with van der Waals surface area (Å²) in [6, 6.07) is 6.44. The van der Waals surface area contributed by atoms with Gasteiger partial charge in [-0.2, -0.15) is 0 Å². The summed E-state index contributed by atoms with van der Waals surface area (Å²) in [5.74, 6) is -0.449. The monoisotopic (exact) mass is 287 g/mol. The average Bonchev–Trinajstić information content (AvgIpc) is 2.39. The number of benzene rings is 1. The van der Waals surface area contributed by atoms with Crippen molar-refractivity contribution >= 4 is 18.4 Å². The Morgan fingerprint density at radius 2 is 2.11 bits per heavy atom. The first-order valence-corrected chi connectivity index (χ1v) is 6.20. The smallest absolute Gasteiger partial charge is 0.312 e. The van der Waals surface area contributed by atoms with Crippen molar-refractivity contribution in [3.63, 3.8) is 0 Å². The van der Waals surface area contributed by atoms with Gasteiger partial charge in [-0.15, -0.1) is 12.4 Å². The minimum Gasteiger partial charge on any atom is -0.469 e. The number of rotatable bonds is 3. The van der Waals surface area contributed by atoms with Crippen LogP contribution in [0.1, 0.15) is 18.4 Å². The molecule has 0 bridgehead atoms. The molecule has 0 unspecified atom stereocenters. The Balaban J connectivity index is 0.00000180. The van der Waals surface area contributed by atoms with Gasteiger partial charge in [-0.3, -0.25) is 4.79 Å². The van der Waals surface area contributed by atoms with Crippen LogP contribution in [-0.2, 0) is 16.0 Å². The van der Waals surface area contributed by atoms with Gasteiger partial charge in [0.05, 0.1) is 12.5 Å². The Bertz CT molecular complexity index is 433. The Kier molecular flexibility index (Phi) is 5.76. The summed E-state index contributed by atoms with van der Waals surface area (Å²) in [5.41, 5.74) is 0.343. The van der Waals surface area contributed by atoms with Crippen LogP contribution in [0.4, 0.5) is 4.39 Å². The zero-order valence-corrected chi connectivity index (χ0v) is 11.8. The van der Waals surface area contributed by atoms with Gasteiger partial charge in [-0.25, -0.2) is 4.39 Å². The fraction of sp³-hybridized carbons (Fsp3) is 0.500. The normalized spacial score (nSPS) is 17.4. The second-order valence-electron chi connectivity index (χ2n) is 4.83. The molecule has 3 nitrogen and oxygen atoms in total. The van der Waals surface area contributed by atoms with Gasteiger partial charge >= 0.3 is 5.97 Å². The molecule has 0 aliphatic carbocycles. The van der Waals surface area contributed by atoms with Crippen molar-refractivity contribution in [2.45, 2.75) is 19.3 Å². The van der Waals surface area contributed by atoms with E-state index in [1.807, 2.05) is 6.07 Å². The van der Waals surface area contributed by atoms with Gasteiger partial charge < -0.3 is 10.1 Å². The Labute approximate surface area is 118 Å². The summed E-state index contributed by atoms with van der Waals surface area (Å²) in [7, 11) is 1.41. The van der Waals surface area contributed by atoms with Crippen molar-refractivity contribution in [1.29, 1.82) is 0 Å². The number of ether oxygens (including phenoxy) is 1. The van der Waals surface area contributed by atoms with Gasteiger partial charge in [0.2, 0.25) is 0 Å². The van der Waals surface area contributed by atoms with E-state index in [0.717, 1.165) is 31.5 Å². The molecule has 0 spiro atoms. The van der Waals surface area contributed by atoms with Crippen LogP contribution in [0.15, 0.2) is 24.3 Å². The molecule has 106 valence electrons. The summed E-state index contributed by atoms with van der Waals surface area (Å²) in [5, 5.41) is 3.23. The number of piperidine rings is 1. The van der Waals surface area contributed by atoms with E-state index in [-0.39, 0.29) is 24.2 Å². The van der Waals surface area contributed by atoms with Gasteiger partial charge in [0, 0.05) is 0 Å². The molecule has 1 fully saturated rings. The first-order valence-electron chi connectivity index (χ1n) is 6.20. The number of hydrogen-bond acceptors (Lipinski definition) is 3. The molecular formula is C14H19ClFNO2. The molecule has 2 rings (SSSR count). The van der Waals surface area contributed by atoms with E-state index in [2.05, 4.69) is 5.32 Å². The summed E-state index contributed by atoms with van der Waals surface area (Å²) < 4.78 is 18.1. The van der Waals surface area contributed by atoms with E-state index in [1.54, 1.807) is 6.07 Å². The second kappa shape index (κ2) is 6.87. The minimum absolute atomic E-state index is 0. The lowest BCUT2D eigenvalue weighted by Crippen LogP contribution is -2.44. The van der Waals surface area contributed by atoms with Crippen molar-refractivity contribution in [1.82, 2.24) is 5.32 Å². The highest BCUT2D eigenvalue weighted by atomic mass is 35.5. The predicted molar refractivity (Wildman–Crippen MR) is 73.9 cm³/mol. The van der Waals surface area contributed by atoms with E-state index in [1.165, 1.54) is 19.2 Å². The molecule has 0 amide bonds. The SMILES string of the molecule is COC(=O)C1(Cc2cccc(F)c2)CCNCC1.Cl. The molecule has 5 heteroatoms. The molecule has 19 heavy (non-hydrogen) atoms. The summed E-state index contributed by atoms with van der Waals surface area (Å²) in [4.78, 5) is 12.0. The summed E-state index contributed by atoms with van der Waals surface area (Å²) >= 11 is 0. The number of halogens is 2. The highest BCUT2D eigenvalue weighted by Crippen LogP contribution is 2.34. The highest BCUT2D eigenvalue weighted by Gasteiger charge is 2.40. The molecule has 0 aromatic heterocycles. The van der Waals surface area contributed by atoms with E-state index in [0.29, 0.717) is 6.42 Å². The van der Waals surface area contributed by atoms with Crippen LogP contribution in [0.25, 0.3) is 0 Å². The van der Waals surface area contributed by atoms with Crippen molar-refractivity contribution in [3.05, 3.63) is 35.6 Å².